The average molecular weight is 1690 g/mol. The van der Waals surface area contributed by atoms with E-state index in [-0.39, 0.29) is 202 Å². The zero-order valence-corrected chi connectivity index (χ0v) is 73.5. The Kier molecular flexibility index (Phi) is 57.6. The zero-order valence-electron chi connectivity index (χ0n) is 70.8. The molecular weight excluding hydrogens is 1550 g/mol. The maximum absolute atomic E-state index is 12.2. The van der Waals surface area contributed by atoms with Crippen molar-refractivity contribution in [3.8, 4) is 0 Å². The SMILES string of the molecule is [C-]#[N+]CCOP(OCCCCCCO[C@@H]1OC(COC(C)=O)C(C)[C@@H](C)[C@@H]1C)OCCCOCC(COCCCOP(OCCCCCCO[C@@H]1OC(COC(C)=O)C(C)[C@@H](C)[C@@H]1C)OCC[N+]#[C-])(COCCCOP(OCCCCCCO[C@@H]1OC(COC(C)=O)C(C)[C@@H](C)[C@@H]1NC(C)=O)OCC[N+]#[C-])COCc1ccccc1. The van der Waals surface area contributed by atoms with E-state index >= 15 is 0 Å². The van der Waals surface area contributed by atoms with Crippen LogP contribution < -0.4 is 5.32 Å². The van der Waals surface area contributed by atoms with Crippen molar-refractivity contribution in [1.82, 2.24) is 5.32 Å². The largest absolute Gasteiger partial charge is 0.463 e. The minimum Gasteiger partial charge on any atom is -0.463 e. The van der Waals surface area contributed by atoms with Crippen LogP contribution in [0.4, 0.5) is 0 Å². The molecule has 3 heterocycles. The van der Waals surface area contributed by atoms with E-state index in [9.17, 15) is 19.2 Å². The Morgan fingerprint density at radius 2 is 0.670 bits per heavy atom. The van der Waals surface area contributed by atoms with Gasteiger partial charge in [0, 0.05) is 79.2 Å². The van der Waals surface area contributed by atoms with Crippen LogP contribution in [0.2, 0.25) is 0 Å². The van der Waals surface area contributed by atoms with Crippen LogP contribution in [0, 0.1) is 72.5 Å². The van der Waals surface area contributed by atoms with Gasteiger partial charge in [-0.05, 0) is 98.9 Å². The molecule has 0 bridgehead atoms. The van der Waals surface area contributed by atoms with E-state index in [1.807, 2.05) is 44.2 Å². The molecule has 1 amide bonds. The molecule has 1 N–H and O–H groups in total. The van der Waals surface area contributed by atoms with Crippen LogP contribution in [0.5, 0.6) is 0 Å². The molecule has 3 fully saturated rings. The van der Waals surface area contributed by atoms with E-state index in [1.165, 1.54) is 27.7 Å². The predicted octanol–water partition coefficient (Wildman–Crippen LogP) is 15.2. The smallest absolute Gasteiger partial charge is 0.332 e. The summed E-state index contributed by atoms with van der Waals surface area (Å²) in [7, 11) is -5.22. The van der Waals surface area contributed by atoms with E-state index in [2.05, 4.69) is 61.4 Å². The highest BCUT2D eigenvalue weighted by Gasteiger charge is 2.44. The Labute approximate surface area is 690 Å². The zero-order chi connectivity index (χ0) is 83.7. The quantitative estimate of drug-likeness (QED) is 0.0208. The Balaban J connectivity index is 1.33. The number of hydrogen-bond acceptors (Lipinski definition) is 26. The minimum absolute atomic E-state index is 0.00883. The molecule has 3 aliphatic rings. The van der Waals surface area contributed by atoms with Crippen molar-refractivity contribution in [2.24, 2.45) is 52.8 Å². The van der Waals surface area contributed by atoms with E-state index in [1.54, 1.807) is 0 Å². The van der Waals surface area contributed by atoms with Crippen LogP contribution in [0.15, 0.2) is 30.3 Å². The molecule has 0 radical (unpaired) electrons. The maximum atomic E-state index is 12.2. The molecule has 0 aromatic heterocycles. The van der Waals surface area contributed by atoms with E-state index in [0.717, 1.165) is 82.6 Å². The second-order valence-electron chi connectivity index (χ2n) is 30.0. The van der Waals surface area contributed by atoms with Gasteiger partial charge in [0.05, 0.1) is 102 Å². The van der Waals surface area contributed by atoms with Crippen LogP contribution in [-0.4, -0.2) is 232 Å². The summed E-state index contributed by atoms with van der Waals surface area (Å²) < 4.78 is 134. The first kappa shape index (κ1) is 103. The molecule has 3 saturated heterocycles. The second-order valence-corrected chi connectivity index (χ2v) is 33.7. The molecule has 658 valence electrons. The van der Waals surface area contributed by atoms with Crippen LogP contribution in [0.25, 0.3) is 14.5 Å². The van der Waals surface area contributed by atoms with Crippen LogP contribution in [0.3, 0.4) is 0 Å². The highest BCUT2D eigenvalue weighted by molar-refractivity contribution is 7.42. The third-order valence-electron chi connectivity index (χ3n) is 20.7. The van der Waals surface area contributed by atoms with Gasteiger partial charge in [-0.2, -0.15) is 0 Å². The number of unbranched alkanes of at least 4 members (excludes halogenated alkanes) is 9. The van der Waals surface area contributed by atoms with Crippen molar-refractivity contribution in [2.75, 3.05) is 165 Å². The van der Waals surface area contributed by atoms with Crippen molar-refractivity contribution in [3.05, 3.63) is 70.1 Å². The lowest BCUT2D eigenvalue weighted by atomic mass is 9.79. The Bertz CT molecular complexity index is 2730. The molecule has 0 spiro atoms. The van der Waals surface area contributed by atoms with E-state index < -0.39 is 37.5 Å². The molecule has 33 heteroatoms. The minimum atomic E-state index is -1.76. The highest BCUT2D eigenvalue weighted by Crippen LogP contribution is 2.43. The van der Waals surface area contributed by atoms with Crippen molar-refractivity contribution in [1.29, 1.82) is 0 Å². The van der Waals surface area contributed by atoms with Gasteiger partial charge in [-0.15, -0.1) is 0 Å². The van der Waals surface area contributed by atoms with Gasteiger partial charge in [-0.3, -0.25) is 19.2 Å². The number of amides is 1. The lowest BCUT2D eigenvalue weighted by molar-refractivity contribution is -0.255. The summed E-state index contributed by atoms with van der Waals surface area (Å²) in [5, 5.41) is 2.99. The summed E-state index contributed by atoms with van der Waals surface area (Å²) in [5.41, 5.74) is 0.198. The average Bonchev–Trinajstić information content (AvgIpc) is 0.817. The number of benzene rings is 1. The predicted molar refractivity (Wildman–Crippen MR) is 434 cm³/mol. The fourth-order valence-corrected chi connectivity index (χ4v) is 15.9. The second kappa shape index (κ2) is 64.0. The molecule has 30 nitrogen and oxygen atoms in total. The third kappa shape index (κ3) is 45.5. The molecule has 115 heavy (non-hydrogen) atoms. The highest BCUT2D eigenvalue weighted by atomic mass is 31.2. The lowest BCUT2D eigenvalue weighted by Crippen LogP contribution is -2.58. The number of hydrogen-bond donors (Lipinski definition) is 1. The van der Waals surface area contributed by atoms with Gasteiger partial charge in [0.2, 0.25) is 25.5 Å². The lowest BCUT2D eigenvalue weighted by Gasteiger charge is -2.44. The van der Waals surface area contributed by atoms with Crippen LogP contribution in [0.1, 0.15) is 185 Å². The fourth-order valence-electron chi connectivity index (χ4n) is 12.9. The summed E-state index contributed by atoms with van der Waals surface area (Å²) in [6.45, 7) is 51.7. The summed E-state index contributed by atoms with van der Waals surface area (Å²) >= 11 is 0. The number of rotatable bonds is 68. The van der Waals surface area contributed by atoms with E-state index in [0.29, 0.717) is 97.2 Å². The Morgan fingerprint density at radius 3 is 1.01 bits per heavy atom. The molecule has 9 unspecified atom stereocenters. The Hall–Kier alpha value is -3.90. The number of carbonyl (C=O) groups excluding carboxylic acids is 4. The molecule has 1 aromatic rings. The first-order valence-electron chi connectivity index (χ1n) is 41.5. The summed E-state index contributed by atoms with van der Waals surface area (Å²) in [5.74, 6) is 0.306. The molecule has 1 aromatic carbocycles. The molecule has 0 saturated carbocycles. The van der Waals surface area contributed by atoms with Gasteiger partial charge in [-0.25, -0.2) is 19.7 Å². The monoisotopic (exact) mass is 1690 g/mol. The number of nitrogens with one attached hydrogen (secondary N) is 1. The third-order valence-corrected chi connectivity index (χ3v) is 24.2. The summed E-state index contributed by atoms with van der Waals surface area (Å²) in [4.78, 5) is 57.1. The topological polar surface area (TPSA) is 296 Å². The van der Waals surface area contributed by atoms with Crippen LogP contribution in [-0.2, 0) is 128 Å². The summed E-state index contributed by atoms with van der Waals surface area (Å²) in [6.07, 6.45) is 9.30. The molecule has 0 aliphatic carbocycles. The fraction of sp³-hybridized carbons (Fsp3) is 0.841. The van der Waals surface area contributed by atoms with E-state index in [4.69, 9.17) is 122 Å². The molecule has 18 atom stereocenters. The first-order chi connectivity index (χ1) is 55.6. The van der Waals surface area contributed by atoms with Gasteiger partial charge >= 0.3 is 43.7 Å². The van der Waals surface area contributed by atoms with Crippen molar-refractivity contribution in [3.63, 3.8) is 0 Å². The normalized spacial score (nSPS) is 24.8. The number of carbonyl (C=O) groups is 4. The Morgan fingerprint density at radius 1 is 0.365 bits per heavy atom. The van der Waals surface area contributed by atoms with Gasteiger partial charge in [0.25, 0.3) is 0 Å². The van der Waals surface area contributed by atoms with Crippen molar-refractivity contribution < 1.29 is 121 Å². The molecule has 3 aliphatic heterocycles. The molecular formula is C82H139N4O26P3. The van der Waals surface area contributed by atoms with Gasteiger partial charge in [0.1, 0.15) is 39.6 Å². The van der Waals surface area contributed by atoms with Crippen molar-refractivity contribution >= 4 is 49.6 Å². The van der Waals surface area contributed by atoms with Crippen molar-refractivity contribution in [2.45, 2.75) is 229 Å². The van der Waals surface area contributed by atoms with Gasteiger partial charge < -0.3 is 122 Å². The number of ether oxygens (including phenoxy) is 13. The first-order valence-corrected chi connectivity index (χ1v) is 44.8. The van der Waals surface area contributed by atoms with Gasteiger partial charge in [-0.1, -0.05) is 124 Å². The molecule has 4 rings (SSSR count). The number of esters is 3. The van der Waals surface area contributed by atoms with Crippen LogP contribution >= 0.6 is 25.8 Å². The summed E-state index contributed by atoms with van der Waals surface area (Å²) in [6, 6.07) is 9.54. The number of nitrogens with zero attached hydrogens (tertiary/aromatic N) is 3. The van der Waals surface area contributed by atoms with Gasteiger partial charge in [0.15, 0.2) is 18.9 Å². The standard InChI is InChI=1S/C82H139N4O26P3/c1-62-64(3)75(55-98-71(10)88)110-79(68(62)7)95-42-25-16-19-28-45-101-113(107-51-36-83-13)104-48-31-39-91-58-82(61-94-54-74-34-23-22-24-35-74,59-92-40-32-49-105-114(108-52-37-84-14)102-46-29-20-17-26-43-96-80-69(8)63(2)65(4)76(111-80)56-99-72(11)89)60-93-41-33-50-106-115(109-53-38-85-15)103-47-30-21-18-27-44-97-81-78(86-70(9)87)67(6)66(5)77(112-81)57-100-73(12)90/h22-24,34-35,62-69,75-81H,16-21,25-33,36-61H2,1-12H3,(H,86,87)/t62-,63-,64?,65?,66?,67-,68+,69+,75?,76?,77?,78+,79-,80-,81-,82?,113?,114?,115?/m1/s1. The maximum Gasteiger partial charge on any atom is 0.332 e.